The van der Waals surface area contributed by atoms with Gasteiger partial charge < -0.3 is 9.46 Å². The highest BCUT2D eigenvalue weighted by Crippen LogP contribution is 2.15. The number of benzene rings is 1. The largest absolute Gasteiger partial charge is 0.465 e. The summed E-state index contributed by atoms with van der Waals surface area (Å²) in [7, 11) is 1.34. The molecule has 1 aromatic rings. The van der Waals surface area contributed by atoms with Gasteiger partial charge in [-0.2, -0.15) is 0 Å². The second-order valence-electron chi connectivity index (χ2n) is 2.15. The van der Waals surface area contributed by atoms with Gasteiger partial charge in [0.1, 0.15) is 0 Å². The van der Waals surface area contributed by atoms with E-state index in [0.29, 0.717) is 11.3 Å². The van der Waals surface area contributed by atoms with Gasteiger partial charge in [-0.05, 0) is 12.1 Å². The molecule has 0 bridgehead atoms. The fraction of sp³-hybridized carbons (Fsp3) is 0.125. The Hall–Kier alpha value is -1.16. The van der Waals surface area contributed by atoms with Crippen molar-refractivity contribution < 1.29 is 9.53 Å². The summed E-state index contributed by atoms with van der Waals surface area (Å²) in [5.74, 6) is -0.368. The van der Waals surface area contributed by atoms with Crippen LogP contribution < -0.4 is 4.72 Å². The molecule has 0 aliphatic rings. The maximum absolute atomic E-state index is 11.1. The van der Waals surface area contributed by atoms with Gasteiger partial charge in [0.2, 0.25) is 0 Å². The standard InChI is InChI=1S/C8H9NO2S/c1-11-8(10)6-4-2-3-5-7(6)9-12/h2-5,9,12H,1H3. The van der Waals surface area contributed by atoms with Gasteiger partial charge in [-0.25, -0.2) is 4.79 Å². The number of hydrogen-bond acceptors (Lipinski definition) is 4. The zero-order valence-electron chi connectivity index (χ0n) is 6.57. The number of thiol groups is 1. The van der Waals surface area contributed by atoms with E-state index in [0.717, 1.165) is 0 Å². The lowest BCUT2D eigenvalue weighted by atomic mass is 10.2. The zero-order valence-corrected chi connectivity index (χ0v) is 7.47. The molecule has 0 saturated heterocycles. The Morgan fingerprint density at radius 3 is 2.75 bits per heavy atom. The van der Waals surface area contributed by atoms with Crippen molar-refractivity contribution in [3.05, 3.63) is 29.8 Å². The number of hydrogen-bond donors (Lipinski definition) is 2. The van der Waals surface area contributed by atoms with E-state index in [1.807, 2.05) is 6.07 Å². The molecule has 0 amide bonds. The molecule has 0 radical (unpaired) electrons. The Labute approximate surface area is 76.3 Å². The quantitative estimate of drug-likeness (QED) is 0.541. The highest BCUT2D eigenvalue weighted by atomic mass is 32.1. The third-order valence-corrected chi connectivity index (χ3v) is 1.69. The van der Waals surface area contributed by atoms with Gasteiger partial charge in [-0.15, -0.1) is 0 Å². The third-order valence-electron chi connectivity index (χ3n) is 1.45. The fourth-order valence-electron chi connectivity index (χ4n) is 0.869. The molecule has 3 nitrogen and oxygen atoms in total. The van der Waals surface area contributed by atoms with E-state index < -0.39 is 0 Å². The van der Waals surface area contributed by atoms with Gasteiger partial charge in [0.05, 0.1) is 18.4 Å². The van der Waals surface area contributed by atoms with Crippen LogP contribution in [0.15, 0.2) is 24.3 Å². The first-order valence-corrected chi connectivity index (χ1v) is 3.81. The number of rotatable bonds is 2. The first-order valence-electron chi connectivity index (χ1n) is 3.37. The number of ether oxygens (including phenoxy) is 1. The van der Waals surface area contributed by atoms with Gasteiger partial charge in [0.25, 0.3) is 0 Å². The topological polar surface area (TPSA) is 38.3 Å². The molecular weight excluding hydrogens is 174 g/mol. The number of para-hydroxylation sites is 1. The van der Waals surface area contributed by atoms with Crippen molar-refractivity contribution >= 4 is 24.5 Å². The Kier molecular flexibility index (Phi) is 2.99. The molecule has 4 heteroatoms. The van der Waals surface area contributed by atoms with Gasteiger partial charge in [0.15, 0.2) is 0 Å². The predicted molar refractivity (Wildman–Crippen MR) is 50.4 cm³/mol. The lowest BCUT2D eigenvalue weighted by Crippen LogP contribution is -2.03. The summed E-state index contributed by atoms with van der Waals surface area (Å²) in [5, 5.41) is 0. The summed E-state index contributed by atoms with van der Waals surface area (Å²) < 4.78 is 7.17. The van der Waals surface area contributed by atoms with Crippen molar-refractivity contribution in [1.29, 1.82) is 0 Å². The van der Waals surface area contributed by atoms with Gasteiger partial charge in [-0.1, -0.05) is 24.9 Å². The molecule has 1 aromatic carbocycles. The third kappa shape index (κ3) is 1.71. The average molecular weight is 183 g/mol. The van der Waals surface area contributed by atoms with Crippen LogP contribution in [0.4, 0.5) is 5.69 Å². The van der Waals surface area contributed by atoms with Crippen LogP contribution in [0.1, 0.15) is 10.4 Å². The first-order chi connectivity index (χ1) is 5.79. The molecular formula is C8H9NO2S. The maximum Gasteiger partial charge on any atom is 0.339 e. The molecule has 0 spiro atoms. The van der Waals surface area contributed by atoms with Crippen molar-refractivity contribution in [3.8, 4) is 0 Å². The average Bonchev–Trinajstić information content (AvgIpc) is 2.16. The summed E-state index contributed by atoms with van der Waals surface area (Å²) in [5.41, 5.74) is 1.13. The molecule has 0 atom stereocenters. The molecule has 0 aliphatic carbocycles. The van der Waals surface area contributed by atoms with Crippen LogP contribution in [-0.4, -0.2) is 13.1 Å². The second-order valence-corrected chi connectivity index (χ2v) is 2.37. The van der Waals surface area contributed by atoms with Gasteiger partial charge in [0, 0.05) is 0 Å². The monoisotopic (exact) mass is 183 g/mol. The lowest BCUT2D eigenvalue weighted by molar-refractivity contribution is 0.0602. The smallest absolute Gasteiger partial charge is 0.339 e. The summed E-state index contributed by atoms with van der Waals surface area (Å²) in [6.07, 6.45) is 0. The molecule has 0 heterocycles. The highest BCUT2D eigenvalue weighted by molar-refractivity contribution is 7.81. The zero-order chi connectivity index (χ0) is 8.97. The molecule has 0 saturated carbocycles. The predicted octanol–water partition coefficient (Wildman–Crippen LogP) is 1.73. The van der Waals surface area contributed by atoms with E-state index in [-0.39, 0.29) is 5.97 Å². The van der Waals surface area contributed by atoms with Gasteiger partial charge in [-0.3, -0.25) is 0 Å². The summed E-state index contributed by atoms with van der Waals surface area (Å²) in [6, 6.07) is 7.00. The van der Waals surface area contributed by atoms with Crippen molar-refractivity contribution in [1.82, 2.24) is 0 Å². The minimum atomic E-state index is -0.368. The fourth-order valence-corrected chi connectivity index (χ4v) is 1.06. The number of anilines is 1. The highest BCUT2D eigenvalue weighted by Gasteiger charge is 2.08. The van der Waals surface area contributed by atoms with Crippen LogP contribution in [0.25, 0.3) is 0 Å². The SMILES string of the molecule is COC(=O)c1ccccc1NS. The van der Waals surface area contributed by atoms with Crippen molar-refractivity contribution in [3.63, 3.8) is 0 Å². The molecule has 64 valence electrons. The maximum atomic E-state index is 11.1. The van der Waals surface area contributed by atoms with E-state index in [4.69, 9.17) is 0 Å². The Morgan fingerprint density at radius 1 is 1.50 bits per heavy atom. The summed E-state index contributed by atoms with van der Waals surface area (Å²) in [6.45, 7) is 0. The van der Waals surface area contributed by atoms with E-state index in [1.165, 1.54) is 7.11 Å². The molecule has 0 unspecified atom stereocenters. The van der Waals surface area contributed by atoms with Crippen molar-refractivity contribution in [2.24, 2.45) is 0 Å². The number of nitrogens with one attached hydrogen (secondary N) is 1. The molecule has 1 rings (SSSR count). The van der Waals surface area contributed by atoms with E-state index in [9.17, 15) is 4.79 Å². The normalized spacial score (nSPS) is 9.17. The van der Waals surface area contributed by atoms with Crippen LogP contribution in [0.3, 0.4) is 0 Å². The van der Waals surface area contributed by atoms with E-state index >= 15 is 0 Å². The molecule has 0 aliphatic heterocycles. The van der Waals surface area contributed by atoms with E-state index in [2.05, 4.69) is 22.3 Å². The van der Waals surface area contributed by atoms with Crippen molar-refractivity contribution in [2.75, 3.05) is 11.8 Å². The van der Waals surface area contributed by atoms with Crippen LogP contribution >= 0.6 is 12.8 Å². The Morgan fingerprint density at radius 2 is 2.17 bits per heavy atom. The summed E-state index contributed by atoms with van der Waals surface area (Å²) in [4.78, 5) is 11.1. The number of carbonyl (C=O) groups excluding carboxylic acids is 1. The summed E-state index contributed by atoms with van der Waals surface area (Å²) >= 11 is 3.86. The number of esters is 1. The molecule has 12 heavy (non-hydrogen) atoms. The second kappa shape index (κ2) is 4.01. The minimum absolute atomic E-state index is 0.368. The Bertz CT molecular complexity index is 288. The van der Waals surface area contributed by atoms with Crippen molar-refractivity contribution in [2.45, 2.75) is 0 Å². The molecule has 0 aromatic heterocycles. The van der Waals surface area contributed by atoms with Crippen LogP contribution in [-0.2, 0) is 4.74 Å². The van der Waals surface area contributed by atoms with Gasteiger partial charge >= 0.3 is 5.97 Å². The molecule has 0 fully saturated rings. The Balaban J connectivity index is 3.04. The number of carbonyl (C=O) groups is 1. The lowest BCUT2D eigenvalue weighted by Gasteiger charge is -2.04. The van der Waals surface area contributed by atoms with Crippen LogP contribution in [0, 0.1) is 0 Å². The van der Waals surface area contributed by atoms with Crippen LogP contribution in [0.2, 0.25) is 0 Å². The van der Waals surface area contributed by atoms with E-state index in [1.54, 1.807) is 18.2 Å². The van der Waals surface area contributed by atoms with Crippen LogP contribution in [0.5, 0.6) is 0 Å². The number of methoxy groups -OCH3 is 1. The molecule has 1 N–H and O–H groups in total. The minimum Gasteiger partial charge on any atom is -0.465 e. The first kappa shape index (κ1) is 8.93.